The molecule has 1 unspecified atom stereocenters. The first kappa shape index (κ1) is 8.34. The minimum Gasteiger partial charge on any atom is -0.393 e. The summed E-state index contributed by atoms with van der Waals surface area (Å²) in [4.78, 5) is 0. The van der Waals surface area contributed by atoms with Crippen LogP contribution in [-0.2, 0) is 13.5 Å². The van der Waals surface area contributed by atoms with Gasteiger partial charge in [0.25, 0.3) is 0 Å². The number of hydrogen-bond acceptors (Lipinski definition) is 1. The van der Waals surface area contributed by atoms with Crippen LogP contribution in [0.3, 0.4) is 0 Å². The van der Waals surface area contributed by atoms with Gasteiger partial charge in [-0.3, -0.25) is 0 Å². The van der Waals surface area contributed by atoms with E-state index in [0.717, 1.165) is 12.8 Å². The Kier molecular flexibility index (Phi) is 2.71. The number of nitrogens with zero attached hydrogens (tertiary/aromatic N) is 1. The lowest BCUT2D eigenvalue weighted by Crippen LogP contribution is -2.00. The molecule has 2 nitrogen and oxygen atoms in total. The standard InChI is InChI=1S/C9H15NO/c1-8(11)3-4-9-5-6-10(2)7-9/h5-8,11H,3-4H2,1-2H3. The van der Waals surface area contributed by atoms with Crippen LogP contribution in [0.5, 0.6) is 0 Å². The van der Waals surface area contributed by atoms with Crippen molar-refractivity contribution in [1.82, 2.24) is 4.57 Å². The van der Waals surface area contributed by atoms with E-state index in [1.54, 1.807) is 0 Å². The molecular formula is C9H15NO. The van der Waals surface area contributed by atoms with E-state index in [9.17, 15) is 0 Å². The predicted molar refractivity (Wildman–Crippen MR) is 45.4 cm³/mol. The quantitative estimate of drug-likeness (QED) is 0.696. The molecule has 0 aliphatic rings. The fourth-order valence-corrected chi connectivity index (χ4v) is 1.08. The Morgan fingerprint density at radius 1 is 1.64 bits per heavy atom. The van der Waals surface area contributed by atoms with E-state index in [1.165, 1.54) is 5.56 Å². The Hall–Kier alpha value is -0.760. The summed E-state index contributed by atoms with van der Waals surface area (Å²) in [5.41, 5.74) is 1.30. The van der Waals surface area contributed by atoms with Gasteiger partial charge in [-0.25, -0.2) is 0 Å². The summed E-state index contributed by atoms with van der Waals surface area (Å²) in [6.07, 6.45) is 5.75. The monoisotopic (exact) mass is 153 g/mol. The Morgan fingerprint density at radius 3 is 2.82 bits per heavy atom. The summed E-state index contributed by atoms with van der Waals surface area (Å²) in [6.45, 7) is 1.82. The van der Waals surface area contributed by atoms with Gasteiger partial charge in [-0.05, 0) is 31.4 Å². The van der Waals surface area contributed by atoms with Crippen LogP contribution in [0.4, 0.5) is 0 Å². The van der Waals surface area contributed by atoms with E-state index < -0.39 is 0 Å². The first-order valence-electron chi connectivity index (χ1n) is 3.97. The molecular weight excluding hydrogens is 138 g/mol. The summed E-state index contributed by atoms with van der Waals surface area (Å²) in [5, 5.41) is 9.01. The van der Waals surface area contributed by atoms with Crippen molar-refractivity contribution in [2.45, 2.75) is 25.9 Å². The molecule has 1 rings (SSSR count). The first-order valence-corrected chi connectivity index (χ1v) is 3.97. The van der Waals surface area contributed by atoms with Crippen LogP contribution in [0.2, 0.25) is 0 Å². The third kappa shape index (κ3) is 2.76. The van der Waals surface area contributed by atoms with Gasteiger partial charge in [-0.2, -0.15) is 0 Å². The van der Waals surface area contributed by atoms with Gasteiger partial charge in [0, 0.05) is 19.4 Å². The fourth-order valence-electron chi connectivity index (χ4n) is 1.08. The minimum absolute atomic E-state index is 0.185. The number of aliphatic hydroxyl groups is 1. The first-order chi connectivity index (χ1) is 5.18. The Morgan fingerprint density at radius 2 is 2.36 bits per heavy atom. The maximum absolute atomic E-state index is 9.01. The molecule has 11 heavy (non-hydrogen) atoms. The highest BCUT2D eigenvalue weighted by atomic mass is 16.3. The molecule has 0 radical (unpaired) electrons. The zero-order chi connectivity index (χ0) is 8.27. The van der Waals surface area contributed by atoms with E-state index in [4.69, 9.17) is 5.11 Å². The van der Waals surface area contributed by atoms with Crippen LogP contribution >= 0.6 is 0 Å². The smallest absolute Gasteiger partial charge is 0.0515 e. The number of rotatable bonds is 3. The summed E-state index contributed by atoms with van der Waals surface area (Å²) < 4.78 is 2.03. The average Bonchev–Trinajstić information content (AvgIpc) is 2.31. The SMILES string of the molecule is CC(O)CCc1ccn(C)c1. The Labute approximate surface area is 67.5 Å². The highest BCUT2D eigenvalue weighted by molar-refractivity contribution is 5.09. The summed E-state index contributed by atoms with van der Waals surface area (Å²) in [5.74, 6) is 0. The summed E-state index contributed by atoms with van der Waals surface area (Å²) >= 11 is 0. The molecule has 0 aromatic carbocycles. The van der Waals surface area contributed by atoms with Gasteiger partial charge in [0.1, 0.15) is 0 Å². The summed E-state index contributed by atoms with van der Waals surface area (Å²) in [6, 6.07) is 2.09. The number of hydrogen-bond donors (Lipinski definition) is 1. The molecule has 0 amide bonds. The number of aliphatic hydroxyl groups excluding tert-OH is 1. The maximum Gasteiger partial charge on any atom is 0.0515 e. The van der Waals surface area contributed by atoms with Gasteiger partial charge in [0.15, 0.2) is 0 Å². The molecule has 0 aliphatic heterocycles. The predicted octanol–water partition coefficient (Wildman–Crippen LogP) is 1.34. The van der Waals surface area contributed by atoms with Crippen molar-refractivity contribution in [3.8, 4) is 0 Å². The minimum atomic E-state index is -0.185. The van der Waals surface area contributed by atoms with Crippen LogP contribution in [0, 0.1) is 0 Å². The van der Waals surface area contributed by atoms with Gasteiger partial charge in [-0.1, -0.05) is 0 Å². The molecule has 0 aliphatic carbocycles. The van der Waals surface area contributed by atoms with Crippen molar-refractivity contribution >= 4 is 0 Å². The van der Waals surface area contributed by atoms with Crippen LogP contribution in [0.1, 0.15) is 18.9 Å². The normalized spacial score (nSPS) is 13.4. The fraction of sp³-hybridized carbons (Fsp3) is 0.556. The molecule has 1 aromatic heterocycles. The molecule has 62 valence electrons. The van der Waals surface area contributed by atoms with Gasteiger partial charge in [0.2, 0.25) is 0 Å². The zero-order valence-electron chi connectivity index (χ0n) is 7.12. The van der Waals surface area contributed by atoms with Crippen molar-refractivity contribution in [3.63, 3.8) is 0 Å². The second kappa shape index (κ2) is 3.58. The molecule has 0 spiro atoms. The van der Waals surface area contributed by atoms with Gasteiger partial charge >= 0.3 is 0 Å². The largest absolute Gasteiger partial charge is 0.393 e. The van der Waals surface area contributed by atoms with E-state index in [-0.39, 0.29) is 6.10 Å². The molecule has 1 aromatic rings. The molecule has 0 saturated heterocycles. The van der Waals surface area contributed by atoms with Crippen LogP contribution in [0.15, 0.2) is 18.5 Å². The van der Waals surface area contributed by atoms with Gasteiger partial charge < -0.3 is 9.67 Å². The number of aromatic nitrogens is 1. The highest BCUT2D eigenvalue weighted by Gasteiger charge is 1.97. The van der Waals surface area contributed by atoms with Crippen LogP contribution < -0.4 is 0 Å². The lowest BCUT2D eigenvalue weighted by molar-refractivity contribution is 0.185. The summed E-state index contributed by atoms with van der Waals surface area (Å²) in [7, 11) is 2.01. The van der Waals surface area contributed by atoms with Crippen molar-refractivity contribution in [3.05, 3.63) is 24.0 Å². The van der Waals surface area contributed by atoms with Crippen molar-refractivity contribution < 1.29 is 5.11 Å². The second-order valence-electron chi connectivity index (χ2n) is 3.07. The van der Waals surface area contributed by atoms with E-state index in [2.05, 4.69) is 12.3 Å². The van der Waals surface area contributed by atoms with E-state index in [0.29, 0.717) is 0 Å². The maximum atomic E-state index is 9.01. The zero-order valence-corrected chi connectivity index (χ0v) is 7.12. The Balaban J connectivity index is 2.39. The average molecular weight is 153 g/mol. The molecule has 0 bridgehead atoms. The van der Waals surface area contributed by atoms with Crippen LogP contribution in [0.25, 0.3) is 0 Å². The van der Waals surface area contributed by atoms with Crippen molar-refractivity contribution in [2.75, 3.05) is 0 Å². The topological polar surface area (TPSA) is 25.2 Å². The number of aryl methyl sites for hydroxylation is 2. The van der Waals surface area contributed by atoms with Crippen LogP contribution in [-0.4, -0.2) is 15.8 Å². The molecule has 1 atom stereocenters. The van der Waals surface area contributed by atoms with E-state index >= 15 is 0 Å². The van der Waals surface area contributed by atoms with E-state index in [1.807, 2.05) is 24.7 Å². The second-order valence-corrected chi connectivity index (χ2v) is 3.07. The molecule has 0 saturated carbocycles. The molecule has 0 fully saturated rings. The lowest BCUT2D eigenvalue weighted by Gasteiger charge is -2.00. The lowest BCUT2D eigenvalue weighted by atomic mass is 10.1. The van der Waals surface area contributed by atoms with Crippen molar-refractivity contribution in [1.29, 1.82) is 0 Å². The van der Waals surface area contributed by atoms with Gasteiger partial charge in [0.05, 0.1) is 6.10 Å². The van der Waals surface area contributed by atoms with Crippen molar-refractivity contribution in [2.24, 2.45) is 7.05 Å². The Bertz CT molecular complexity index is 215. The highest BCUT2D eigenvalue weighted by Crippen LogP contribution is 2.04. The third-order valence-electron chi connectivity index (χ3n) is 1.74. The molecule has 1 heterocycles. The molecule has 1 N–H and O–H groups in total. The van der Waals surface area contributed by atoms with Gasteiger partial charge in [-0.15, -0.1) is 0 Å². The molecule has 2 heteroatoms. The third-order valence-corrected chi connectivity index (χ3v) is 1.74.